The topological polar surface area (TPSA) is 92.3 Å². The molecule has 1 aliphatic heterocycles. The third kappa shape index (κ3) is 7.10. The largest absolute Gasteiger partial charge is 0.497 e. The van der Waals surface area contributed by atoms with Crippen molar-refractivity contribution in [1.82, 2.24) is 10.6 Å². The van der Waals surface area contributed by atoms with Gasteiger partial charge in [0, 0.05) is 62.4 Å². The highest BCUT2D eigenvalue weighted by atomic mass is 32.2. The SMILES string of the molecule is CCNC(=NCCCS(C)(=O)=O)NC1CCN(c2cc(OC)cc(OC)c2)C1. The Morgan fingerprint density at radius 2 is 1.93 bits per heavy atom. The maximum Gasteiger partial charge on any atom is 0.191 e. The smallest absolute Gasteiger partial charge is 0.191 e. The van der Waals surface area contributed by atoms with Crippen molar-refractivity contribution in [2.24, 2.45) is 4.99 Å². The van der Waals surface area contributed by atoms with E-state index in [0.29, 0.717) is 13.0 Å². The third-order valence-corrected chi connectivity index (χ3v) is 5.55. The van der Waals surface area contributed by atoms with Crippen LogP contribution in [-0.4, -0.2) is 72.8 Å². The zero-order chi connectivity index (χ0) is 20.6. The molecule has 0 radical (unpaired) electrons. The van der Waals surface area contributed by atoms with E-state index in [0.717, 1.165) is 49.2 Å². The Labute approximate surface area is 168 Å². The van der Waals surface area contributed by atoms with Gasteiger partial charge in [0.25, 0.3) is 0 Å². The van der Waals surface area contributed by atoms with Gasteiger partial charge in [-0.3, -0.25) is 4.99 Å². The van der Waals surface area contributed by atoms with Crippen molar-refractivity contribution in [3.05, 3.63) is 18.2 Å². The number of aliphatic imine (C=N–C) groups is 1. The fourth-order valence-electron chi connectivity index (χ4n) is 3.12. The summed E-state index contributed by atoms with van der Waals surface area (Å²) < 4.78 is 33.2. The number of guanidine groups is 1. The zero-order valence-corrected chi connectivity index (χ0v) is 18.0. The van der Waals surface area contributed by atoms with Crippen LogP contribution in [-0.2, 0) is 9.84 Å². The summed E-state index contributed by atoms with van der Waals surface area (Å²) in [5.74, 6) is 2.43. The number of rotatable bonds is 9. The van der Waals surface area contributed by atoms with Gasteiger partial charge >= 0.3 is 0 Å². The Kier molecular flexibility index (Phi) is 8.22. The number of nitrogens with one attached hydrogen (secondary N) is 2. The minimum atomic E-state index is -2.94. The van der Waals surface area contributed by atoms with Crippen LogP contribution in [0.5, 0.6) is 11.5 Å². The lowest BCUT2D eigenvalue weighted by molar-refractivity contribution is 0.394. The molecule has 0 bridgehead atoms. The second kappa shape index (κ2) is 10.4. The van der Waals surface area contributed by atoms with Crippen molar-refractivity contribution in [3.8, 4) is 11.5 Å². The van der Waals surface area contributed by atoms with Crippen molar-refractivity contribution >= 4 is 21.5 Å². The van der Waals surface area contributed by atoms with Gasteiger partial charge in [0.15, 0.2) is 5.96 Å². The molecule has 1 aromatic rings. The molecule has 0 saturated carbocycles. The van der Waals surface area contributed by atoms with E-state index in [2.05, 4.69) is 20.5 Å². The lowest BCUT2D eigenvalue weighted by Gasteiger charge is -2.21. The Balaban J connectivity index is 1.95. The average Bonchev–Trinajstić information content (AvgIpc) is 3.12. The summed E-state index contributed by atoms with van der Waals surface area (Å²) >= 11 is 0. The monoisotopic (exact) mass is 412 g/mol. The second-order valence-corrected chi connectivity index (χ2v) is 9.15. The fourth-order valence-corrected chi connectivity index (χ4v) is 3.77. The number of benzene rings is 1. The number of nitrogens with zero attached hydrogens (tertiary/aromatic N) is 2. The highest BCUT2D eigenvalue weighted by Crippen LogP contribution is 2.30. The molecule has 2 N–H and O–H groups in total. The molecule has 28 heavy (non-hydrogen) atoms. The minimum Gasteiger partial charge on any atom is -0.497 e. The Morgan fingerprint density at radius 1 is 1.25 bits per heavy atom. The van der Waals surface area contributed by atoms with Crippen LogP contribution in [0.4, 0.5) is 5.69 Å². The van der Waals surface area contributed by atoms with Crippen molar-refractivity contribution < 1.29 is 17.9 Å². The first-order valence-electron chi connectivity index (χ1n) is 9.55. The molecule has 0 aliphatic carbocycles. The summed E-state index contributed by atoms with van der Waals surface area (Å²) in [7, 11) is 0.354. The van der Waals surface area contributed by atoms with Crippen LogP contribution in [0.1, 0.15) is 19.8 Å². The van der Waals surface area contributed by atoms with Crippen molar-refractivity contribution in [2.75, 3.05) is 57.3 Å². The third-order valence-electron chi connectivity index (χ3n) is 4.52. The van der Waals surface area contributed by atoms with Crippen molar-refractivity contribution in [1.29, 1.82) is 0 Å². The molecule has 9 heteroatoms. The van der Waals surface area contributed by atoms with Crippen molar-refractivity contribution in [3.63, 3.8) is 0 Å². The normalized spacial score (nSPS) is 17.5. The molecule has 1 fully saturated rings. The van der Waals surface area contributed by atoms with Crippen LogP contribution >= 0.6 is 0 Å². The summed E-state index contributed by atoms with van der Waals surface area (Å²) in [4.78, 5) is 6.79. The average molecular weight is 413 g/mol. The van der Waals surface area contributed by atoms with Gasteiger partial charge in [-0.2, -0.15) is 0 Å². The van der Waals surface area contributed by atoms with Gasteiger partial charge in [0.1, 0.15) is 21.3 Å². The fraction of sp³-hybridized carbons (Fsp3) is 0.632. The predicted octanol–water partition coefficient (Wildman–Crippen LogP) is 1.27. The molecule has 1 aromatic carbocycles. The lowest BCUT2D eigenvalue weighted by Crippen LogP contribution is -2.44. The molecular formula is C19H32N4O4S. The van der Waals surface area contributed by atoms with Crippen LogP contribution in [0.2, 0.25) is 0 Å². The first-order valence-corrected chi connectivity index (χ1v) is 11.6. The molecule has 158 valence electrons. The molecule has 1 heterocycles. The highest BCUT2D eigenvalue weighted by molar-refractivity contribution is 7.90. The molecule has 0 spiro atoms. The van der Waals surface area contributed by atoms with Gasteiger partial charge in [0.05, 0.1) is 20.0 Å². The van der Waals surface area contributed by atoms with E-state index in [1.165, 1.54) is 6.26 Å². The summed E-state index contributed by atoms with van der Waals surface area (Å²) in [5.41, 5.74) is 1.07. The Morgan fingerprint density at radius 3 is 2.50 bits per heavy atom. The van der Waals surface area contributed by atoms with Gasteiger partial charge in [-0.05, 0) is 19.8 Å². The zero-order valence-electron chi connectivity index (χ0n) is 17.2. The van der Waals surface area contributed by atoms with E-state index in [1.54, 1.807) is 14.2 Å². The summed E-state index contributed by atoms with van der Waals surface area (Å²) in [6.45, 7) is 5.00. The molecule has 2 rings (SSSR count). The number of ether oxygens (including phenoxy) is 2. The Hall–Kier alpha value is -2.16. The van der Waals surface area contributed by atoms with Gasteiger partial charge < -0.3 is 25.0 Å². The number of hydrogen-bond donors (Lipinski definition) is 2. The lowest BCUT2D eigenvalue weighted by atomic mass is 10.2. The molecular weight excluding hydrogens is 380 g/mol. The van der Waals surface area contributed by atoms with E-state index in [1.807, 2.05) is 25.1 Å². The quantitative estimate of drug-likeness (QED) is 0.358. The first-order chi connectivity index (χ1) is 13.3. The Bertz CT molecular complexity index is 745. The van der Waals surface area contributed by atoms with E-state index < -0.39 is 9.84 Å². The van der Waals surface area contributed by atoms with E-state index in [4.69, 9.17) is 9.47 Å². The summed E-state index contributed by atoms with van der Waals surface area (Å²) in [6.07, 6.45) is 2.75. The van der Waals surface area contributed by atoms with E-state index >= 15 is 0 Å². The number of sulfone groups is 1. The number of anilines is 1. The van der Waals surface area contributed by atoms with Crippen LogP contribution in [0.3, 0.4) is 0 Å². The van der Waals surface area contributed by atoms with Gasteiger partial charge in [-0.15, -0.1) is 0 Å². The summed E-state index contributed by atoms with van der Waals surface area (Å²) in [5, 5.41) is 6.69. The highest BCUT2D eigenvalue weighted by Gasteiger charge is 2.24. The number of methoxy groups -OCH3 is 2. The maximum atomic E-state index is 11.2. The van der Waals surface area contributed by atoms with Gasteiger partial charge in [-0.1, -0.05) is 0 Å². The standard InChI is InChI=1S/C19H32N4O4S/c1-5-20-19(21-8-6-10-28(4,24)25)22-15-7-9-23(14-15)16-11-17(26-2)13-18(12-16)27-3/h11-13,15H,5-10,14H2,1-4H3,(H2,20,21,22). The maximum absolute atomic E-state index is 11.2. The summed E-state index contributed by atoms with van der Waals surface area (Å²) in [6, 6.07) is 6.14. The van der Waals surface area contributed by atoms with Crippen LogP contribution in [0, 0.1) is 0 Å². The van der Waals surface area contributed by atoms with Crippen LogP contribution in [0.15, 0.2) is 23.2 Å². The molecule has 1 aliphatic rings. The molecule has 8 nitrogen and oxygen atoms in total. The van der Waals surface area contributed by atoms with Gasteiger partial charge in [-0.25, -0.2) is 8.42 Å². The van der Waals surface area contributed by atoms with Crippen LogP contribution in [0.25, 0.3) is 0 Å². The van der Waals surface area contributed by atoms with Gasteiger partial charge in [0.2, 0.25) is 0 Å². The molecule has 1 atom stereocenters. The first kappa shape index (κ1) is 22.1. The molecule has 0 amide bonds. The molecule has 0 aromatic heterocycles. The number of hydrogen-bond acceptors (Lipinski definition) is 6. The second-order valence-electron chi connectivity index (χ2n) is 6.89. The minimum absolute atomic E-state index is 0.158. The van der Waals surface area contributed by atoms with Crippen molar-refractivity contribution in [2.45, 2.75) is 25.8 Å². The predicted molar refractivity (Wildman–Crippen MR) is 114 cm³/mol. The van der Waals surface area contributed by atoms with Crippen LogP contribution < -0.4 is 25.0 Å². The van der Waals surface area contributed by atoms with E-state index in [9.17, 15) is 8.42 Å². The molecule has 1 unspecified atom stereocenters. The van der Waals surface area contributed by atoms with E-state index in [-0.39, 0.29) is 11.8 Å². The molecule has 1 saturated heterocycles.